The number of amides is 2. The SMILES string of the molecule is C/C(=N\NC(N)=O)c1cnccn1. The lowest BCUT2D eigenvalue weighted by molar-refractivity contribution is 0.249. The molecule has 6 heteroatoms. The Morgan fingerprint density at radius 3 is 2.92 bits per heavy atom. The van der Waals surface area contributed by atoms with E-state index >= 15 is 0 Å². The molecule has 3 N–H and O–H groups in total. The van der Waals surface area contributed by atoms with Crippen molar-refractivity contribution in [3.8, 4) is 0 Å². The average Bonchev–Trinajstić information content (AvgIpc) is 2.15. The molecule has 0 bridgehead atoms. The number of nitrogens with one attached hydrogen (secondary N) is 1. The molecular formula is C7H9N5O. The Hall–Kier alpha value is -1.98. The highest BCUT2D eigenvalue weighted by Gasteiger charge is 1.97. The summed E-state index contributed by atoms with van der Waals surface area (Å²) in [5.74, 6) is 0. The van der Waals surface area contributed by atoms with Gasteiger partial charge >= 0.3 is 6.03 Å². The summed E-state index contributed by atoms with van der Waals surface area (Å²) in [5.41, 5.74) is 8.07. The van der Waals surface area contributed by atoms with E-state index in [1.165, 1.54) is 0 Å². The minimum absolute atomic E-state index is 0.548. The predicted molar refractivity (Wildman–Crippen MR) is 47.0 cm³/mol. The number of carbonyl (C=O) groups is 1. The standard InChI is InChI=1S/C7H9N5O/c1-5(11-12-7(8)13)6-4-9-2-3-10-6/h2-4H,1H3,(H3,8,12,13)/b11-5+. The van der Waals surface area contributed by atoms with E-state index in [9.17, 15) is 4.79 Å². The number of hydrogen-bond donors (Lipinski definition) is 2. The Morgan fingerprint density at radius 2 is 2.38 bits per heavy atom. The first-order chi connectivity index (χ1) is 6.20. The number of urea groups is 1. The summed E-state index contributed by atoms with van der Waals surface area (Å²) in [6.45, 7) is 1.69. The van der Waals surface area contributed by atoms with Gasteiger partial charge in [-0.2, -0.15) is 5.10 Å². The smallest absolute Gasteiger partial charge is 0.332 e. The molecule has 13 heavy (non-hydrogen) atoms. The van der Waals surface area contributed by atoms with E-state index in [4.69, 9.17) is 5.73 Å². The second-order valence-corrected chi connectivity index (χ2v) is 2.26. The molecule has 0 radical (unpaired) electrons. The molecule has 0 aliphatic heterocycles. The fraction of sp³-hybridized carbons (Fsp3) is 0.143. The third kappa shape index (κ3) is 2.86. The molecule has 1 heterocycles. The fourth-order valence-electron chi connectivity index (χ4n) is 0.682. The first-order valence-electron chi connectivity index (χ1n) is 3.56. The molecular weight excluding hydrogens is 170 g/mol. The molecule has 68 valence electrons. The van der Waals surface area contributed by atoms with Crippen LogP contribution in [0.25, 0.3) is 0 Å². The van der Waals surface area contributed by atoms with E-state index in [0.29, 0.717) is 11.4 Å². The van der Waals surface area contributed by atoms with Gasteiger partial charge in [0.2, 0.25) is 0 Å². The highest BCUT2D eigenvalue weighted by molar-refractivity contribution is 5.97. The molecule has 1 aromatic rings. The van der Waals surface area contributed by atoms with Crippen molar-refractivity contribution in [3.05, 3.63) is 24.3 Å². The van der Waals surface area contributed by atoms with Gasteiger partial charge in [-0.25, -0.2) is 10.2 Å². The van der Waals surface area contributed by atoms with Gasteiger partial charge in [-0.15, -0.1) is 0 Å². The van der Waals surface area contributed by atoms with Gasteiger partial charge in [0.1, 0.15) is 5.69 Å². The molecule has 6 nitrogen and oxygen atoms in total. The van der Waals surface area contributed by atoms with Crippen LogP contribution in [0.5, 0.6) is 0 Å². The van der Waals surface area contributed by atoms with Crippen LogP contribution >= 0.6 is 0 Å². The summed E-state index contributed by atoms with van der Waals surface area (Å²) in [6, 6.07) is -0.705. The van der Waals surface area contributed by atoms with Gasteiger partial charge in [0.15, 0.2) is 0 Å². The lowest BCUT2D eigenvalue weighted by Gasteiger charge is -1.97. The maximum Gasteiger partial charge on any atom is 0.332 e. The number of hydrazone groups is 1. The van der Waals surface area contributed by atoms with Crippen LogP contribution in [0.4, 0.5) is 4.79 Å². The molecule has 0 atom stereocenters. The minimum atomic E-state index is -0.705. The van der Waals surface area contributed by atoms with Gasteiger partial charge in [0, 0.05) is 12.4 Å². The normalized spacial score (nSPS) is 11.0. The first kappa shape index (κ1) is 9.11. The van der Waals surface area contributed by atoms with E-state index in [1.807, 2.05) is 0 Å². The van der Waals surface area contributed by atoms with Gasteiger partial charge < -0.3 is 5.73 Å². The van der Waals surface area contributed by atoms with Crippen molar-refractivity contribution in [2.75, 3.05) is 0 Å². The summed E-state index contributed by atoms with van der Waals surface area (Å²) in [6.07, 6.45) is 4.64. The Morgan fingerprint density at radius 1 is 1.62 bits per heavy atom. The van der Waals surface area contributed by atoms with Crippen molar-refractivity contribution >= 4 is 11.7 Å². The van der Waals surface area contributed by atoms with Gasteiger partial charge in [0.05, 0.1) is 11.9 Å². The molecule has 0 saturated carbocycles. The Labute approximate surface area is 74.9 Å². The third-order valence-electron chi connectivity index (χ3n) is 1.27. The quantitative estimate of drug-likeness (QED) is 0.489. The molecule has 0 spiro atoms. The van der Waals surface area contributed by atoms with Crippen LogP contribution in [0.1, 0.15) is 12.6 Å². The molecule has 0 aromatic carbocycles. The van der Waals surface area contributed by atoms with E-state index in [1.54, 1.807) is 25.5 Å². The second kappa shape index (κ2) is 4.15. The maximum absolute atomic E-state index is 10.3. The number of nitrogens with two attached hydrogens (primary N) is 1. The molecule has 1 rings (SSSR count). The highest BCUT2D eigenvalue weighted by atomic mass is 16.2. The average molecular weight is 179 g/mol. The zero-order chi connectivity index (χ0) is 9.68. The van der Waals surface area contributed by atoms with Gasteiger partial charge in [-0.05, 0) is 6.92 Å². The molecule has 2 amide bonds. The van der Waals surface area contributed by atoms with Crippen molar-refractivity contribution in [1.29, 1.82) is 0 Å². The van der Waals surface area contributed by atoms with Crippen LogP contribution in [0, 0.1) is 0 Å². The lowest BCUT2D eigenvalue weighted by atomic mass is 10.3. The summed E-state index contributed by atoms with van der Waals surface area (Å²) < 4.78 is 0. The van der Waals surface area contributed by atoms with Gasteiger partial charge in [-0.3, -0.25) is 9.97 Å². The molecule has 0 aliphatic rings. The summed E-state index contributed by atoms with van der Waals surface area (Å²) in [4.78, 5) is 18.1. The van der Waals surface area contributed by atoms with Crippen LogP contribution in [-0.2, 0) is 0 Å². The van der Waals surface area contributed by atoms with Crippen molar-refractivity contribution in [3.63, 3.8) is 0 Å². The number of carbonyl (C=O) groups excluding carboxylic acids is 1. The number of hydrogen-bond acceptors (Lipinski definition) is 4. The second-order valence-electron chi connectivity index (χ2n) is 2.26. The number of primary amides is 1. The van der Waals surface area contributed by atoms with Crippen LogP contribution in [0.2, 0.25) is 0 Å². The van der Waals surface area contributed by atoms with Crippen LogP contribution < -0.4 is 11.2 Å². The van der Waals surface area contributed by atoms with E-state index in [-0.39, 0.29) is 0 Å². The third-order valence-corrected chi connectivity index (χ3v) is 1.27. The van der Waals surface area contributed by atoms with E-state index in [0.717, 1.165) is 0 Å². The zero-order valence-corrected chi connectivity index (χ0v) is 7.06. The molecule has 0 aliphatic carbocycles. The van der Waals surface area contributed by atoms with Crippen LogP contribution in [0.15, 0.2) is 23.7 Å². The first-order valence-corrected chi connectivity index (χ1v) is 3.56. The Bertz CT molecular complexity index is 321. The number of nitrogens with zero attached hydrogens (tertiary/aromatic N) is 3. The molecule has 1 aromatic heterocycles. The maximum atomic E-state index is 10.3. The molecule has 0 fully saturated rings. The van der Waals surface area contributed by atoms with Crippen LogP contribution in [0.3, 0.4) is 0 Å². The molecule has 0 unspecified atom stereocenters. The van der Waals surface area contributed by atoms with Crippen LogP contribution in [-0.4, -0.2) is 21.7 Å². The monoisotopic (exact) mass is 179 g/mol. The van der Waals surface area contributed by atoms with Gasteiger partial charge in [0.25, 0.3) is 0 Å². The summed E-state index contributed by atoms with van der Waals surface area (Å²) in [7, 11) is 0. The number of rotatable bonds is 2. The zero-order valence-electron chi connectivity index (χ0n) is 7.06. The van der Waals surface area contributed by atoms with E-state index in [2.05, 4.69) is 20.5 Å². The van der Waals surface area contributed by atoms with Crippen molar-refractivity contribution in [2.24, 2.45) is 10.8 Å². The van der Waals surface area contributed by atoms with Crippen molar-refractivity contribution in [2.45, 2.75) is 6.92 Å². The Kier molecular flexibility index (Phi) is 2.91. The lowest BCUT2D eigenvalue weighted by Crippen LogP contribution is -2.25. The number of aromatic nitrogens is 2. The predicted octanol–water partition coefficient (Wildman–Crippen LogP) is -0.131. The topological polar surface area (TPSA) is 93.3 Å². The van der Waals surface area contributed by atoms with E-state index < -0.39 is 6.03 Å². The minimum Gasteiger partial charge on any atom is -0.350 e. The van der Waals surface area contributed by atoms with Crippen molar-refractivity contribution < 1.29 is 4.79 Å². The fourth-order valence-corrected chi connectivity index (χ4v) is 0.682. The highest BCUT2D eigenvalue weighted by Crippen LogP contribution is 1.91. The summed E-state index contributed by atoms with van der Waals surface area (Å²) in [5, 5.41) is 3.68. The largest absolute Gasteiger partial charge is 0.350 e. The summed E-state index contributed by atoms with van der Waals surface area (Å²) >= 11 is 0. The Balaban J connectivity index is 2.73. The molecule has 0 saturated heterocycles. The van der Waals surface area contributed by atoms with Crippen molar-refractivity contribution in [1.82, 2.24) is 15.4 Å². The van der Waals surface area contributed by atoms with Gasteiger partial charge in [-0.1, -0.05) is 0 Å².